The highest BCUT2D eigenvalue weighted by Gasteiger charge is 2.27. The predicted octanol–water partition coefficient (Wildman–Crippen LogP) is 3.92. The lowest BCUT2D eigenvalue weighted by Gasteiger charge is -2.34. The maximum Gasteiger partial charge on any atom is 0.321 e. The average molecular weight is 514 g/mol. The van der Waals surface area contributed by atoms with Crippen molar-refractivity contribution in [2.45, 2.75) is 31.6 Å². The topological polar surface area (TPSA) is 84.9 Å². The number of rotatable bonds is 4. The van der Waals surface area contributed by atoms with Gasteiger partial charge in [-0.3, -0.25) is 4.79 Å². The van der Waals surface area contributed by atoms with Crippen molar-refractivity contribution in [1.82, 2.24) is 19.8 Å². The molecular formula is C29H35N7O2. The number of piperazine rings is 1. The highest BCUT2D eigenvalue weighted by Crippen LogP contribution is 2.33. The minimum Gasteiger partial charge on any atom is -0.372 e. The SMILES string of the molecule is CN1CCN(c2ccc3c(C4CCN(C(=O)Nc5ccc(N6CCCC6)cc5)CC4)ncnc3c2)CC1=O. The monoisotopic (exact) mass is 513 g/mol. The van der Waals surface area contributed by atoms with E-state index in [-0.39, 0.29) is 17.9 Å². The number of urea groups is 1. The van der Waals surface area contributed by atoms with Crippen LogP contribution in [-0.2, 0) is 4.79 Å². The zero-order chi connectivity index (χ0) is 26.1. The minimum atomic E-state index is -0.0451. The summed E-state index contributed by atoms with van der Waals surface area (Å²) in [6.45, 7) is 5.53. The quantitative estimate of drug-likeness (QED) is 0.569. The Balaban J connectivity index is 1.08. The number of benzene rings is 2. The maximum atomic E-state index is 12.9. The van der Waals surface area contributed by atoms with E-state index in [0.29, 0.717) is 19.6 Å². The molecule has 3 aliphatic rings. The van der Waals surface area contributed by atoms with Gasteiger partial charge in [-0.25, -0.2) is 14.8 Å². The molecule has 0 atom stereocenters. The summed E-state index contributed by atoms with van der Waals surface area (Å²) in [6, 6.07) is 14.4. The molecule has 0 spiro atoms. The fourth-order valence-corrected chi connectivity index (χ4v) is 5.86. The third kappa shape index (κ3) is 4.97. The Morgan fingerprint density at radius 3 is 2.34 bits per heavy atom. The molecule has 3 aliphatic heterocycles. The number of likely N-dealkylation sites (N-methyl/N-ethyl adjacent to an activating group) is 1. The van der Waals surface area contributed by atoms with Crippen LogP contribution in [0.3, 0.4) is 0 Å². The molecule has 1 aromatic heterocycles. The van der Waals surface area contributed by atoms with E-state index < -0.39 is 0 Å². The van der Waals surface area contributed by atoms with Gasteiger partial charge in [0.2, 0.25) is 5.91 Å². The van der Waals surface area contributed by atoms with Gasteiger partial charge in [-0.2, -0.15) is 0 Å². The Bertz CT molecular complexity index is 1310. The highest BCUT2D eigenvalue weighted by molar-refractivity contribution is 5.90. The number of carbonyl (C=O) groups is 2. The molecule has 38 heavy (non-hydrogen) atoms. The molecule has 2 aromatic carbocycles. The summed E-state index contributed by atoms with van der Waals surface area (Å²) in [5, 5.41) is 4.12. The average Bonchev–Trinajstić information content (AvgIpc) is 3.50. The second kappa shape index (κ2) is 10.5. The number of aromatic nitrogens is 2. The number of anilines is 3. The van der Waals surface area contributed by atoms with Crippen molar-refractivity contribution in [2.75, 3.05) is 68.0 Å². The third-order valence-corrected chi connectivity index (χ3v) is 8.23. The number of likely N-dealkylation sites (tertiary alicyclic amines) is 1. The first-order chi connectivity index (χ1) is 18.5. The summed E-state index contributed by atoms with van der Waals surface area (Å²) in [6.07, 6.45) is 5.86. The van der Waals surface area contributed by atoms with E-state index in [4.69, 9.17) is 0 Å². The molecule has 9 nitrogen and oxygen atoms in total. The van der Waals surface area contributed by atoms with Crippen molar-refractivity contribution in [3.63, 3.8) is 0 Å². The van der Waals surface area contributed by atoms with E-state index >= 15 is 0 Å². The van der Waals surface area contributed by atoms with Crippen LogP contribution in [-0.4, -0.2) is 84.6 Å². The van der Waals surface area contributed by atoms with E-state index in [1.165, 1.54) is 18.5 Å². The second-order valence-electron chi connectivity index (χ2n) is 10.6. The molecule has 0 bridgehead atoms. The minimum absolute atomic E-state index is 0.0451. The Morgan fingerprint density at radius 1 is 0.868 bits per heavy atom. The van der Waals surface area contributed by atoms with Crippen molar-refractivity contribution < 1.29 is 9.59 Å². The molecule has 198 valence electrons. The maximum absolute atomic E-state index is 12.9. The number of carbonyl (C=O) groups excluding carboxylic acids is 2. The molecule has 1 N–H and O–H groups in total. The van der Waals surface area contributed by atoms with Crippen LogP contribution < -0.4 is 15.1 Å². The Labute approximate surface area is 223 Å². The summed E-state index contributed by atoms with van der Waals surface area (Å²) in [5.74, 6) is 0.412. The molecule has 3 amide bonds. The lowest BCUT2D eigenvalue weighted by Crippen LogP contribution is -2.48. The van der Waals surface area contributed by atoms with Crippen molar-refractivity contribution in [1.29, 1.82) is 0 Å². The van der Waals surface area contributed by atoms with Crippen molar-refractivity contribution >= 4 is 39.9 Å². The third-order valence-electron chi connectivity index (χ3n) is 8.23. The molecular weight excluding hydrogens is 478 g/mol. The van der Waals surface area contributed by atoms with Crippen LogP contribution in [0, 0.1) is 0 Å². The molecule has 3 aromatic rings. The van der Waals surface area contributed by atoms with Crippen molar-refractivity contribution in [3.05, 3.63) is 54.5 Å². The van der Waals surface area contributed by atoms with Gasteiger partial charge in [-0.1, -0.05) is 0 Å². The fourth-order valence-electron chi connectivity index (χ4n) is 5.86. The molecule has 4 heterocycles. The van der Waals surface area contributed by atoms with Crippen molar-refractivity contribution in [3.8, 4) is 0 Å². The Kier molecular flexibility index (Phi) is 6.74. The van der Waals surface area contributed by atoms with E-state index in [1.54, 1.807) is 11.2 Å². The summed E-state index contributed by atoms with van der Waals surface area (Å²) in [4.78, 5) is 42.5. The molecule has 0 aliphatic carbocycles. The smallest absolute Gasteiger partial charge is 0.321 e. The molecule has 0 unspecified atom stereocenters. The highest BCUT2D eigenvalue weighted by atomic mass is 16.2. The second-order valence-corrected chi connectivity index (χ2v) is 10.6. The molecule has 0 radical (unpaired) electrons. The molecule has 9 heteroatoms. The fraction of sp³-hybridized carbons (Fsp3) is 0.448. The molecule has 6 rings (SSSR count). The molecule has 3 saturated heterocycles. The first-order valence-corrected chi connectivity index (χ1v) is 13.7. The number of fused-ring (bicyclic) bond motifs is 1. The van der Waals surface area contributed by atoms with Crippen LogP contribution in [0.2, 0.25) is 0 Å². The van der Waals surface area contributed by atoms with E-state index in [0.717, 1.165) is 67.0 Å². The lowest BCUT2D eigenvalue weighted by molar-refractivity contribution is -0.129. The van der Waals surface area contributed by atoms with E-state index in [1.807, 2.05) is 24.1 Å². The number of piperidine rings is 1. The van der Waals surface area contributed by atoms with Crippen LogP contribution in [0.25, 0.3) is 10.9 Å². The Hall–Kier alpha value is -3.88. The Morgan fingerprint density at radius 2 is 1.61 bits per heavy atom. The number of nitrogens with zero attached hydrogens (tertiary/aromatic N) is 6. The predicted molar refractivity (Wildman–Crippen MR) is 150 cm³/mol. The van der Waals surface area contributed by atoms with Gasteiger partial charge in [0.25, 0.3) is 0 Å². The van der Waals surface area contributed by atoms with Crippen LogP contribution in [0.1, 0.15) is 37.3 Å². The normalized spacial score (nSPS) is 18.9. The van der Waals surface area contributed by atoms with Crippen LogP contribution in [0.4, 0.5) is 21.9 Å². The zero-order valence-electron chi connectivity index (χ0n) is 22.0. The van der Waals surface area contributed by atoms with E-state index in [9.17, 15) is 9.59 Å². The molecule has 3 fully saturated rings. The summed E-state index contributed by atoms with van der Waals surface area (Å²) in [7, 11) is 1.85. The lowest BCUT2D eigenvalue weighted by atomic mass is 9.91. The molecule has 0 saturated carbocycles. The number of nitrogens with one attached hydrogen (secondary N) is 1. The first-order valence-electron chi connectivity index (χ1n) is 13.7. The van der Waals surface area contributed by atoms with E-state index in [2.05, 4.69) is 55.4 Å². The van der Waals surface area contributed by atoms with Gasteiger partial charge in [0, 0.05) is 74.7 Å². The summed E-state index contributed by atoms with van der Waals surface area (Å²) < 4.78 is 0. The van der Waals surface area contributed by atoms with Gasteiger partial charge in [-0.15, -0.1) is 0 Å². The summed E-state index contributed by atoms with van der Waals surface area (Å²) >= 11 is 0. The zero-order valence-corrected chi connectivity index (χ0v) is 22.0. The van der Waals surface area contributed by atoms with Gasteiger partial charge in [0.05, 0.1) is 17.8 Å². The van der Waals surface area contributed by atoms with Gasteiger partial charge >= 0.3 is 6.03 Å². The van der Waals surface area contributed by atoms with Gasteiger partial charge in [0.15, 0.2) is 0 Å². The number of hydrogen-bond donors (Lipinski definition) is 1. The van der Waals surface area contributed by atoms with Gasteiger partial charge < -0.3 is 24.9 Å². The largest absolute Gasteiger partial charge is 0.372 e. The standard InChI is InChI=1S/C29H35N7O2/c1-33-16-17-36(19-27(33)37)24-8-9-25-26(18-24)30-20-31-28(25)21-10-14-35(15-11-21)29(38)32-22-4-6-23(7-5-22)34-12-2-3-13-34/h4-9,18,20-21H,2-3,10-17,19H2,1H3,(H,32,38). The first kappa shape index (κ1) is 24.5. The van der Waals surface area contributed by atoms with Crippen LogP contribution >= 0.6 is 0 Å². The van der Waals surface area contributed by atoms with Crippen LogP contribution in [0.15, 0.2) is 48.8 Å². The van der Waals surface area contributed by atoms with Gasteiger partial charge in [-0.05, 0) is 68.1 Å². The van der Waals surface area contributed by atoms with Crippen LogP contribution in [0.5, 0.6) is 0 Å². The van der Waals surface area contributed by atoms with Gasteiger partial charge in [0.1, 0.15) is 6.33 Å². The number of hydrogen-bond acceptors (Lipinski definition) is 6. The number of amides is 3. The summed E-state index contributed by atoms with van der Waals surface area (Å²) in [5.41, 5.74) is 5.02. The van der Waals surface area contributed by atoms with Crippen molar-refractivity contribution in [2.24, 2.45) is 0 Å².